The van der Waals surface area contributed by atoms with Crippen LogP contribution in [0, 0.1) is 0 Å². The van der Waals surface area contributed by atoms with Crippen LogP contribution in [0.1, 0.15) is 27.2 Å². The lowest BCUT2D eigenvalue weighted by Gasteiger charge is -2.26. The molecule has 0 saturated carbocycles. The number of halogens is 1. The molecule has 0 aromatic rings. The Morgan fingerprint density at radius 3 is 2.19 bits per heavy atom. The van der Waals surface area contributed by atoms with Gasteiger partial charge in [-0.25, -0.2) is 4.79 Å². The molecule has 0 aliphatic carbocycles. The second-order valence-corrected chi connectivity index (χ2v) is 5.19. The number of carbonyl (C=O) groups excluding carboxylic acids is 2. The van der Waals surface area contributed by atoms with Gasteiger partial charge in [-0.1, -0.05) is 0 Å². The van der Waals surface area contributed by atoms with Crippen molar-refractivity contribution in [3.05, 3.63) is 0 Å². The van der Waals surface area contributed by atoms with Gasteiger partial charge in [0.05, 0.1) is 18.8 Å². The number of methoxy groups -OCH3 is 1. The molecule has 0 spiro atoms. The van der Waals surface area contributed by atoms with Gasteiger partial charge in [0.25, 0.3) is 0 Å². The molecular formula is C12H23ClN2O6. The van der Waals surface area contributed by atoms with Crippen molar-refractivity contribution in [2.45, 2.75) is 44.9 Å². The van der Waals surface area contributed by atoms with Gasteiger partial charge in [-0.05, 0) is 20.8 Å². The number of nitrogens with two attached hydrogens (primary N) is 1. The van der Waals surface area contributed by atoms with E-state index >= 15 is 0 Å². The highest BCUT2D eigenvalue weighted by Crippen LogP contribution is 2.14. The molecule has 0 saturated heterocycles. The van der Waals surface area contributed by atoms with Gasteiger partial charge in [-0.2, -0.15) is 0 Å². The molecule has 0 aliphatic rings. The van der Waals surface area contributed by atoms with E-state index < -0.39 is 35.6 Å². The van der Waals surface area contributed by atoms with Crippen LogP contribution in [0.5, 0.6) is 0 Å². The summed E-state index contributed by atoms with van der Waals surface area (Å²) in [6.45, 7) is 4.78. The number of aliphatic carboxylic acids is 1. The molecular weight excluding hydrogens is 304 g/mol. The third-order valence-electron chi connectivity index (χ3n) is 2.21. The molecule has 1 unspecified atom stereocenters. The molecule has 4 N–H and O–H groups in total. The number of rotatable bonds is 7. The minimum atomic E-state index is -1.20. The first-order valence-corrected chi connectivity index (χ1v) is 6.07. The quantitative estimate of drug-likeness (QED) is 0.547. The van der Waals surface area contributed by atoms with E-state index in [1.54, 1.807) is 20.8 Å². The molecule has 8 nitrogen and oxygen atoms in total. The van der Waals surface area contributed by atoms with Crippen molar-refractivity contribution in [2.24, 2.45) is 5.73 Å². The largest absolute Gasteiger partial charge is 0.479 e. The van der Waals surface area contributed by atoms with Gasteiger partial charge in [0.15, 0.2) is 6.10 Å². The van der Waals surface area contributed by atoms with Crippen molar-refractivity contribution >= 4 is 30.3 Å². The first kappa shape index (κ1) is 21.9. The molecule has 124 valence electrons. The Bertz CT molecular complexity index is 369. The molecule has 1 amide bonds. The Hall–Kier alpha value is -1.38. The van der Waals surface area contributed by atoms with Crippen LogP contribution in [-0.2, 0) is 23.9 Å². The van der Waals surface area contributed by atoms with E-state index in [9.17, 15) is 14.4 Å². The molecule has 0 aliphatic heterocycles. The average molecular weight is 327 g/mol. The molecule has 0 aromatic heterocycles. The first-order valence-electron chi connectivity index (χ1n) is 6.07. The van der Waals surface area contributed by atoms with Crippen LogP contribution in [0.4, 0.5) is 0 Å². The molecule has 0 radical (unpaired) electrons. The molecule has 0 bridgehead atoms. The van der Waals surface area contributed by atoms with Gasteiger partial charge in [0.1, 0.15) is 6.54 Å². The fraction of sp³-hybridized carbons (Fsp3) is 0.750. The summed E-state index contributed by atoms with van der Waals surface area (Å²) in [5, 5.41) is 11.3. The summed E-state index contributed by atoms with van der Waals surface area (Å²) in [5.41, 5.74) is 4.92. The number of carboxylic acids is 1. The zero-order chi connectivity index (χ0) is 15.9. The number of amides is 1. The van der Waals surface area contributed by atoms with Crippen LogP contribution in [0.3, 0.4) is 0 Å². The maximum absolute atomic E-state index is 11.6. The van der Waals surface area contributed by atoms with Crippen LogP contribution in [0.15, 0.2) is 0 Å². The standard InChI is InChI=1S/C12H22N2O6.ClH/c1-12(2,3)20-8(11(17)18)5-7(13)10(16)14-6-9(15)19-4;/h7-8H,5-6,13H2,1-4H3,(H,14,16)(H,17,18);1H/t7-,8?;/m0./s1. The van der Waals surface area contributed by atoms with Crippen LogP contribution in [0.2, 0.25) is 0 Å². The maximum atomic E-state index is 11.6. The van der Waals surface area contributed by atoms with E-state index in [4.69, 9.17) is 15.6 Å². The summed E-state index contributed by atoms with van der Waals surface area (Å²) in [6, 6.07) is -1.09. The highest BCUT2D eigenvalue weighted by Gasteiger charge is 2.29. The van der Waals surface area contributed by atoms with Crippen molar-refractivity contribution < 1.29 is 29.0 Å². The van der Waals surface area contributed by atoms with Gasteiger partial charge in [0, 0.05) is 6.42 Å². The van der Waals surface area contributed by atoms with Crippen molar-refractivity contribution in [2.75, 3.05) is 13.7 Å². The molecule has 21 heavy (non-hydrogen) atoms. The summed E-state index contributed by atoms with van der Waals surface area (Å²) >= 11 is 0. The highest BCUT2D eigenvalue weighted by molar-refractivity contribution is 5.86. The van der Waals surface area contributed by atoms with Crippen molar-refractivity contribution in [3.8, 4) is 0 Å². The predicted molar refractivity (Wildman–Crippen MR) is 77.1 cm³/mol. The number of nitrogens with one attached hydrogen (secondary N) is 1. The zero-order valence-corrected chi connectivity index (χ0v) is 13.4. The summed E-state index contributed by atoms with van der Waals surface area (Å²) in [4.78, 5) is 33.5. The van der Waals surface area contributed by atoms with E-state index in [1.807, 2.05) is 0 Å². The average Bonchev–Trinajstić information content (AvgIpc) is 2.32. The Morgan fingerprint density at radius 2 is 1.81 bits per heavy atom. The van der Waals surface area contributed by atoms with E-state index in [1.165, 1.54) is 7.11 Å². The Labute approximate surface area is 129 Å². The van der Waals surface area contributed by atoms with Gasteiger partial charge >= 0.3 is 11.9 Å². The summed E-state index contributed by atoms with van der Waals surface area (Å²) in [5.74, 6) is -2.46. The van der Waals surface area contributed by atoms with Gasteiger partial charge in [-0.3, -0.25) is 9.59 Å². The van der Waals surface area contributed by atoms with E-state index in [0.717, 1.165) is 0 Å². The SMILES string of the molecule is COC(=O)CNC(=O)[C@@H](N)CC(OC(C)(C)C)C(=O)O.Cl. The van der Waals surface area contributed by atoms with Crippen molar-refractivity contribution in [3.63, 3.8) is 0 Å². The number of hydrogen-bond acceptors (Lipinski definition) is 6. The van der Waals surface area contributed by atoms with Gasteiger partial charge < -0.3 is 25.6 Å². The topological polar surface area (TPSA) is 128 Å². The first-order chi connectivity index (χ1) is 9.06. The number of hydrogen-bond donors (Lipinski definition) is 3. The smallest absolute Gasteiger partial charge is 0.332 e. The van der Waals surface area contributed by atoms with Crippen LogP contribution >= 0.6 is 12.4 Å². The monoisotopic (exact) mass is 326 g/mol. The summed E-state index contributed by atoms with van der Waals surface area (Å²) in [6.07, 6.45) is -1.39. The molecule has 9 heteroatoms. The molecule has 0 rings (SSSR count). The molecule has 2 atom stereocenters. The molecule has 0 heterocycles. The Kier molecular flexibility index (Phi) is 9.95. The third kappa shape index (κ3) is 10.1. The Morgan fingerprint density at radius 1 is 1.29 bits per heavy atom. The normalized spacial score (nSPS) is 13.6. The van der Waals surface area contributed by atoms with Crippen LogP contribution in [0.25, 0.3) is 0 Å². The van der Waals surface area contributed by atoms with Crippen molar-refractivity contribution in [1.29, 1.82) is 0 Å². The van der Waals surface area contributed by atoms with E-state index in [-0.39, 0.29) is 25.4 Å². The lowest BCUT2D eigenvalue weighted by molar-refractivity contribution is -0.161. The highest BCUT2D eigenvalue weighted by atomic mass is 35.5. The minimum absolute atomic E-state index is 0. The van der Waals surface area contributed by atoms with Crippen LogP contribution < -0.4 is 11.1 Å². The molecule has 0 aromatic carbocycles. The zero-order valence-electron chi connectivity index (χ0n) is 12.5. The number of carbonyl (C=O) groups is 3. The van der Waals surface area contributed by atoms with Crippen LogP contribution in [-0.4, -0.2) is 54.4 Å². The number of esters is 1. The summed E-state index contributed by atoms with van der Waals surface area (Å²) < 4.78 is 9.67. The fourth-order valence-electron chi connectivity index (χ4n) is 1.33. The number of carboxylic acid groups (broad SMARTS) is 1. The minimum Gasteiger partial charge on any atom is -0.479 e. The molecule has 0 fully saturated rings. The lowest BCUT2D eigenvalue weighted by atomic mass is 10.1. The van der Waals surface area contributed by atoms with Gasteiger partial charge in [-0.15, -0.1) is 12.4 Å². The fourth-order valence-corrected chi connectivity index (χ4v) is 1.33. The second-order valence-electron chi connectivity index (χ2n) is 5.19. The lowest BCUT2D eigenvalue weighted by Crippen LogP contribution is -2.47. The number of ether oxygens (including phenoxy) is 2. The predicted octanol–water partition coefficient (Wildman–Crippen LogP) is -0.317. The Balaban J connectivity index is 0. The second kappa shape index (κ2) is 9.54. The van der Waals surface area contributed by atoms with E-state index in [2.05, 4.69) is 10.1 Å². The maximum Gasteiger partial charge on any atom is 0.332 e. The van der Waals surface area contributed by atoms with Crippen molar-refractivity contribution in [1.82, 2.24) is 5.32 Å². The van der Waals surface area contributed by atoms with Gasteiger partial charge in [0.2, 0.25) is 5.91 Å². The summed E-state index contributed by atoms with van der Waals surface area (Å²) in [7, 11) is 1.19. The third-order valence-corrected chi connectivity index (χ3v) is 2.21. The van der Waals surface area contributed by atoms with E-state index in [0.29, 0.717) is 0 Å².